The Balaban J connectivity index is 2.73. The predicted octanol–water partition coefficient (Wildman–Crippen LogP) is 3.13. The van der Waals surface area contributed by atoms with E-state index in [0.717, 1.165) is 12.0 Å². The molecule has 0 aliphatic carbocycles. The molecule has 0 spiro atoms. The lowest BCUT2D eigenvalue weighted by Crippen LogP contribution is -1.96. The third kappa shape index (κ3) is 3.08. The van der Waals surface area contributed by atoms with E-state index in [2.05, 4.69) is 12.1 Å². The Bertz CT molecular complexity index is 314. The van der Waals surface area contributed by atoms with Gasteiger partial charge in [-0.3, -0.25) is 0 Å². The fourth-order valence-electron chi connectivity index (χ4n) is 1.24. The van der Waals surface area contributed by atoms with Gasteiger partial charge in [0, 0.05) is 11.8 Å². The van der Waals surface area contributed by atoms with E-state index in [-0.39, 0.29) is 5.92 Å². The summed E-state index contributed by atoms with van der Waals surface area (Å²) in [5.74, 6) is 0.611. The SMILES string of the molecule is CC(C#N)Cc1cccc(CCl)c1. The highest BCUT2D eigenvalue weighted by Crippen LogP contribution is 2.11. The van der Waals surface area contributed by atoms with Gasteiger partial charge in [-0.05, 0) is 24.5 Å². The lowest BCUT2D eigenvalue weighted by atomic mass is 10.0. The van der Waals surface area contributed by atoms with Gasteiger partial charge in [-0.1, -0.05) is 24.3 Å². The summed E-state index contributed by atoms with van der Waals surface area (Å²) in [6.45, 7) is 1.92. The first-order valence-electron chi connectivity index (χ1n) is 4.29. The lowest BCUT2D eigenvalue weighted by Gasteiger charge is -2.03. The quantitative estimate of drug-likeness (QED) is 0.677. The van der Waals surface area contributed by atoms with Gasteiger partial charge >= 0.3 is 0 Å². The zero-order chi connectivity index (χ0) is 9.68. The Hall–Kier alpha value is -1.00. The Labute approximate surface area is 84.0 Å². The van der Waals surface area contributed by atoms with E-state index in [0.29, 0.717) is 5.88 Å². The Morgan fingerprint density at radius 1 is 1.46 bits per heavy atom. The van der Waals surface area contributed by atoms with Crippen molar-refractivity contribution in [2.45, 2.75) is 19.2 Å². The van der Waals surface area contributed by atoms with Gasteiger partial charge in [-0.15, -0.1) is 11.6 Å². The standard InChI is InChI=1S/C11H12ClN/c1-9(8-13)5-10-3-2-4-11(6-10)7-12/h2-4,6,9H,5,7H2,1H3. The van der Waals surface area contributed by atoms with Gasteiger partial charge in [0.25, 0.3) is 0 Å². The van der Waals surface area contributed by atoms with E-state index >= 15 is 0 Å². The molecule has 0 saturated heterocycles. The first-order chi connectivity index (χ1) is 6.26. The van der Waals surface area contributed by atoms with Gasteiger partial charge in [0.1, 0.15) is 0 Å². The highest BCUT2D eigenvalue weighted by atomic mass is 35.5. The Kier molecular flexibility index (Phi) is 3.79. The van der Waals surface area contributed by atoms with Gasteiger partial charge in [0.15, 0.2) is 0 Å². The maximum absolute atomic E-state index is 8.65. The highest BCUT2D eigenvalue weighted by molar-refractivity contribution is 6.17. The topological polar surface area (TPSA) is 23.8 Å². The summed E-state index contributed by atoms with van der Waals surface area (Å²) in [7, 11) is 0. The highest BCUT2D eigenvalue weighted by Gasteiger charge is 2.01. The van der Waals surface area contributed by atoms with Gasteiger partial charge in [0.05, 0.1) is 6.07 Å². The molecule has 2 heteroatoms. The molecule has 0 aliphatic heterocycles. The molecule has 1 atom stereocenters. The molecule has 68 valence electrons. The van der Waals surface area contributed by atoms with Gasteiger partial charge in [0.2, 0.25) is 0 Å². The first-order valence-corrected chi connectivity index (χ1v) is 4.83. The van der Waals surface area contributed by atoms with Crippen LogP contribution >= 0.6 is 11.6 Å². The van der Waals surface area contributed by atoms with Crippen LogP contribution in [0.25, 0.3) is 0 Å². The van der Waals surface area contributed by atoms with Crippen LogP contribution in [-0.4, -0.2) is 0 Å². The number of halogens is 1. The van der Waals surface area contributed by atoms with E-state index < -0.39 is 0 Å². The molecular formula is C11H12ClN. The number of nitriles is 1. The van der Waals surface area contributed by atoms with E-state index in [1.54, 1.807) is 0 Å². The maximum Gasteiger partial charge on any atom is 0.0656 e. The molecule has 0 amide bonds. The van der Waals surface area contributed by atoms with Crippen LogP contribution in [0.2, 0.25) is 0 Å². The summed E-state index contributed by atoms with van der Waals surface area (Å²) in [4.78, 5) is 0. The van der Waals surface area contributed by atoms with Crippen LogP contribution in [0.3, 0.4) is 0 Å². The number of alkyl halides is 1. The number of hydrogen-bond acceptors (Lipinski definition) is 1. The van der Waals surface area contributed by atoms with Crippen molar-refractivity contribution in [3.63, 3.8) is 0 Å². The van der Waals surface area contributed by atoms with Crippen LogP contribution in [0.5, 0.6) is 0 Å². The van der Waals surface area contributed by atoms with Crippen molar-refractivity contribution in [3.8, 4) is 6.07 Å². The molecule has 0 aliphatic rings. The van der Waals surface area contributed by atoms with Crippen molar-refractivity contribution in [2.24, 2.45) is 5.92 Å². The molecule has 0 heterocycles. The summed E-state index contributed by atoms with van der Waals surface area (Å²) in [6, 6.07) is 10.3. The molecule has 1 unspecified atom stereocenters. The van der Waals surface area contributed by atoms with E-state index in [9.17, 15) is 0 Å². The van der Waals surface area contributed by atoms with Crippen LogP contribution in [0, 0.1) is 17.2 Å². The zero-order valence-electron chi connectivity index (χ0n) is 7.63. The second-order valence-corrected chi connectivity index (χ2v) is 3.46. The molecule has 0 bridgehead atoms. The molecule has 1 nitrogen and oxygen atoms in total. The van der Waals surface area contributed by atoms with Crippen LogP contribution in [0.15, 0.2) is 24.3 Å². The van der Waals surface area contributed by atoms with Gasteiger partial charge in [-0.2, -0.15) is 5.26 Å². The second-order valence-electron chi connectivity index (χ2n) is 3.19. The van der Waals surface area contributed by atoms with Gasteiger partial charge < -0.3 is 0 Å². The van der Waals surface area contributed by atoms with Crippen LogP contribution < -0.4 is 0 Å². The van der Waals surface area contributed by atoms with Crippen molar-refractivity contribution >= 4 is 11.6 Å². The van der Waals surface area contributed by atoms with E-state index in [1.807, 2.05) is 25.1 Å². The monoisotopic (exact) mass is 193 g/mol. The normalized spacial score (nSPS) is 12.1. The van der Waals surface area contributed by atoms with Crippen LogP contribution in [-0.2, 0) is 12.3 Å². The van der Waals surface area contributed by atoms with E-state index in [4.69, 9.17) is 16.9 Å². The largest absolute Gasteiger partial charge is 0.198 e. The number of hydrogen-bond donors (Lipinski definition) is 0. The summed E-state index contributed by atoms with van der Waals surface area (Å²) < 4.78 is 0. The zero-order valence-corrected chi connectivity index (χ0v) is 8.38. The van der Waals surface area contributed by atoms with Gasteiger partial charge in [-0.25, -0.2) is 0 Å². The van der Waals surface area contributed by atoms with E-state index in [1.165, 1.54) is 5.56 Å². The fraction of sp³-hybridized carbons (Fsp3) is 0.364. The lowest BCUT2D eigenvalue weighted by molar-refractivity contribution is 0.738. The molecule has 0 fully saturated rings. The number of rotatable bonds is 3. The maximum atomic E-state index is 8.65. The average molecular weight is 194 g/mol. The Morgan fingerprint density at radius 2 is 2.15 bits per heavy atom. The minimum absolute atomic E-state index is 0.0746. The van der Waals surface area contributed by atoms with Crippen LogP contribution in [0.1, 0.15) is 18.1 Å². The number of benzene rings is 1. The average Bonchev–Trinajstić information content (AvgIpc) is 2.18. The summed E-state index contributed by atoms with van der Waals surface area (Å²) in [6.07, 6.45) is 0.807. The van der Waals surface area contributed by atoms with Crippen molar-refractivity contribution < 1.29 is 0 Å². The van der Waals surface area contributed by atoms with Crippen molar-refractivity contribution in [3.05, 3.63) is 35.4 Å². The molecule has 1 aromatic rings. The third-order valence-corrected chi connectivity index (χ3v) is 2.22. The molecule has 0 N–H and O–H groups in total. The number of nitrogens with zero attached hydrogens (tertiary/aromatic N) is 1. The molecule has 0 aromatic heterocycles. The summed E-state index contributed by atoms with van der Waals surface area (Å²) in [5.41, 5.74) is 2.30. The first kappa shape index (κ1) is 10.1. The molecule has 0 radical (unpaired) electrons. The second kappa shape index (κ2) is 4.89. The molecule has 13 heavy (non-hydrogen) atoms. The minimum atomic E-state index is 0.0746. The van der Waals surface area contributed by atoms with Crippen molar-refractivity contribution in [2.75, 3.05) is 0 Å². The molecular weight excluding hydrogens is 182 g/mol. The molecule has 1 rings (SSSR count). The third-order valence-electron chi connectivity index (χ3n) is 1.91. The van der Waals surface area contributed by atoms with Crippen molar-refractivity contribution in [1.29, 1.82) is 5.26 Å². The minimum Gasteiger partial charge on any atom is -0.198 e. The smallest absolute Gasteiger partial charge is 0.0656 e. The summed E-state index contributed by atoms with van der Waals surface area (Å²) >= 11 is 5.70. The summed E-state index contributed by atoms with van der Waals surface area (Å²) in [5, 5.41) is 8.65. The molecule has 0 saturated carbocycles. The van der Waals surface area contributed by atoms with Crippen molar-refractivity contribution in [1.82, 2.24) is 0 Å². The fourth-order valence-corrected chi connectivity index (χ4v) is 1.41. The van der Waals surface area contributed by atoms with Crippen LogP contribution in [0.4, 0.5) is 0 Å². The Morgan fingerprint density at radius 3 is 2.77 bits per heavy atom. The predicted molar refractivity (Wildman–Crippen MR) is 54.5 cm³/mol. The molecule has 1 aromatic carbocycles.